The second-order valence-corrected chi connectivity index (χ2v) is 10.1. The zero-order chi connectivity index (χ0) is 27.7. The number of hydrogen-bond acceptors (Lipinski definition) is 8. The van der Waals surface area contributed by atoms with Gasteiger partial charge in [0.25, 0.3) is 0 Å². The van der Waals surface area contributed by atoms with Gasteiger partial charge in [-0.2, -0.15) is 0 Å². The average Bonchev–Trinajstić information content (AvgIpc) is 2.82. The minimum absolute atomic E-state index is 0.0718. The first-order valence-corrected chi connectivity index (χ1v) is 12.1. The number of aromatic hydroxyl groups is 3. The monoisotopic (exact) mass is 516 g/mol. The van der Waals surface area contributed by atoms with E-state index < -0.39 is 11.4 Å². The van der Waals surface area contributed by atoms with Gasteiger partial charge in [0.05, 0.1) is 41.7 Å². The molecule has 0 aromatic heterocycles. The second-order valence-electron chi connectivity index (χ2n) is 10.1. The third kappa shape index (κ3) is 3.63. The van der Waals surface area contributed by atoms with Crippen LogP contribution in [0.2, 0.25) is 0 Å². The summed E-state index contributed by atoms with van der Waals surface area (Å²) >= 11 is 0. The van der Waals surface area contributed by atoms with Crippen molar-refractivity contribution in [1.82, 2.24) is 0 Å². The third-order valence-corrected chi connectivity index (χ3v) is 7.37. The van der Waals surface area contributed by atoms with E-state index in [9.17, 15) is 30.0 Å². The summed E-state index contributed by atoms with van der Waals surface area (Å²) in [5.74, 6) is -0.992. The molecule has 8 heteroatoms. The van der Waals surface area contributed by atoms with Gasteiger partial charge in [0.1, 0.15) is 28.7 Å². The summed E-state index contributed by atoms with van der Waals surface area (Å²) in [6.45, 7) is 4.58. The lowest BCUT2D eigenvalue weighted by Gasteiger charge is -2.30. The molecule has 0 aliphatic heterocycles. The number of phenolic OH excluding ortho intramolecular Hbond substituents is 3. The fourth-order valence-corrected chi connectivity index (χ4v) is 5.79. The highest BCUT2D eigenvalue weighted by atomic mass is 16.5. The van der Waals surface area contributed by atoms with Gasteiger partial charge >= 0.3 is 0 Å². The van der Waals surface area contributed by atoms with Crippen LogP contribution >= 0.6 is 0 Å². The van der Waals surface area contributed by atoms with E-state index in [1.165, 1.54) is 21.1 Å². The molecule has 0 amide bonds. The number of ether oxygens (including phenoxy) is 2. The normalized spacial score (nSPS) is 17.1. The number of phenols is 3. The number of carbonyl (C=O) groups is 2. The SMILES string of the molecule is COc1cc(OC)c2c(O)c(C(C)=O)c(C)c(-c3ccc4cc5c(c(O)c4c3O)C(=O)C[C@](C)(O)C5)c2c1. The molecule has 0 bridgehead atoms. The Morgan fingerprint density at radius 1 is 0.921 bits per heavy atom. The van der Waals surface area contributed by atoms with Crippen molar-refractivity contribution >= 4 is 33.1 Å². The first-order chi connectivity index (χ1) is 17.9. The molecule has 1 atom stereocenters. The molecule has 0 unspecified atom stereocenters. The molecule has 38 heavy (non-hydrogen) atoms. The van der Waals surface area contributed by atoms with Crippen molar-refractivity contribution in [2.75, 3.05) is 14.2 Å². The molecule has 0 radical (unpaired) electrons. The van der Waals surface area contributed by atoms with Crippen molar-refractivity contribution in [3.8, 4) is 39.9 Å². The van der Waals surface area contributed by atoms with Crippen LogP contribution in [0.15, 0.2) is 30.3 Å². The summed E-state index contributed by atoms with van der Waals surface area (Å²) in [6, 6.07) is 8.30. The Morgan fingerprint density at radius 3 is 2.26 bits per heavy atom. The van der Waals surface area contributed by atoms with E-state index in [4.69, 9.17) is 9.47 Å². The molecule has 4 N–H and O–H groups in total. The van der Waals surface area contributed by atoms with E-state index in [1.807, 2.05) is 0 Å². The van der Waals surface area contributed by atoms with E-state index in [0.717, 1.165) is 0 Å². The number of fused-ring (bicyclic) bond motifs is 3. The predicted molar refractivity (Wildman–Crippen MR) is 143 cm³/mol. The molecule has 5 rings (SSSR count). The van der Waals surface area contributed by atoms with E-state index in [2.05, 4.69) is 0 Å². The fraction of sp³-hybridized carbons (Fsp3) is 0.267. The second kappa shape index (κ2) is 8.63. The maximum absolute atomic E-state index is 12.9. The van der Waals surface area contributed by atoms with Gasteiger partial charge in [-0.25, -0.2) is 0 Å². The summed E-state index contributed by atoms with van der Waals surface area (Å²) in [7, 11) is 2.92. The standard InChI is InChI=1S/C30H28O8/c1-13-22(14(2)31)28(34)26-19(9-17(37-4)10-21(26)38-5)23(13)18-7-6-15-8-16-11-30(3,36)12-20(32)24(16)29(35)25(15)27(18)33/h6-10,33-36H,11-12H2,1-5H3/t30-/m1/s1. The van der Waals surface area contributed by atoms with Crippen molar-refractivity contribution in [3.63, 3.8) is 0 Å². The van der Waals surface area contributed by atoms with Gasteiger partial charge in [0.2, 0.25) is 0 Å². The number of rotatable bonds is 4. The van der Waals surface area contributed by atoms with Gasteiger partial charge in [0, 0.05) is 29.9 Å². The van der Waals surface area contributed by atoms with Crippen LogP contribution in [0, 0.1) is 6.92 Å². The number of aliphatic hydroxyl groups is 1. The van der Waals surface area contributed by atoms with E-state index >= 15 is 0 Å². The zero-order valence-corrected chi connectivity index (χ0v) is 21.7. The van der Waals surface area contributed by atoms with Crippen molar-refractivity contribution < 1.29 is 39.5 Å². The minimum atomic E-state index is -1.23. The first kappa shape index (κ1) is 25.4. The number of carbonyl (C=O) groups excluding carboxylic acids is 2. The highest BCUT2D eigenvalue weighted by molar-refractivity contribution is 6.16. The van der Waals surface area contributed by atoms with Crippen LogP contribution in [0.25, 0.3) is 32.7 Å². The molecule has 1 aliphatic rings. The van der Waals surface area contributed by atoms with Gasteiger partial charge in [-0.1, -0.05) is 6.07 Å². The molecule has 0 saturated carbocycles. The Kier molecular flexibility index (Phi) is 5.76. The lowest BCUT2D eigenvalue weighted by atomic mass is 9.78. The Labute approximate surface area is 218 Å². The highest BCUT2D eigenvalue weighted by Gasteiger charge is 2.36. The molecule has 196 valence electrons. The third-order valence-electron chi connectivity index (χ3n) is 7.37. The van der Waals surface area contributed by atoms with Crippen LogP contribution in [-0.4, -0.2) is 51.8 Å². The number of benzene rings is 4. The van der Waals surface area contributed by atoms with Crippen molar-refractivity contribution in [2.24, 2.45) is 0 Å². The lowest BCUT2D eigenvalue weighted by Crippen LogP contribution is -2.35. The van der Waals surface area contributed by atoms with Gasteiger partial charge in [0.15, 0.2) is 11.6 Å². The number of ketones is 2. The fourth-order valence-electron chi connectivity index (χ4n) is 5.79. The summed E-state index contributed by atoms with van der Waals surface area (Å²) in [5, 5.41) is 45.7. The Morgan fingerprint density at radius 2 is 1.63 bits per heavy atom. The molecule has 0 heterocycles. The van der Waals surface area contributed by atoms with Crippen LogP contribution in [-0.2, 0) is 6.42 Å². The average molecular weight is 517 g/mol. The van der Waals surface area contributed by atoms with Crippen LogP contribution < -0.4 is 9.47 Å². The Hall–Kier alpha value is -4.30. The maximum atomic E-state index is 12.9. The molecular weight excluding hydrogens is 488 g/mol. The molecule has 0 spiro atoms. The first-order valence-electron chi connectivity index (χ1n) is 12.1. The van der Waals surface area contributed by atoms with Crippen LogP contribution in [0.5, 0.6) is 28.7 Å². The summed E-state index contributed by atoms with van der Waals surface area (Å²) in [6.07, 6.45) is 0.0339. The molecule has 0 fully saturated rings. The van der Waals surface area contributed by atoms with E-state index in [1.54, 1.807) is 44.2 Å². The van der Waals surface area contributed by atoms with Gasteiger partial charge in [-0.3, -0.25) is 9.59 Å². The minimum Gasteiger partial charge on any atom is -0.507 e. The molecular formula is C30H28O8. The van der Waals surface area contributed by atoms with Gasteiger partial charge in [-0.05, 0) is 61.0 Å². The Bertz CT molecular complexity index is 1700. The number of methoxy groups -OCH3 is 2. The predicted octanol–water partition coefficient (Wildman–Crippen LogP) is 5.18. The quantitative estimate of drug-likeness (QED) is 0.273. The molecule has 0 saturated heterocycles. The summed E-state index contributed by atoms with van der Waals surface area (Å²) in [5.41, 5.74) is 0.559. The molecule has 1 aliphatic carbocycles. The largest absolute Gasteiger partial charge is 0.507 e. The Balaban J connectivity index is 1.92. The molecule has 4 aromatic carbocycles. The molecule has 8 nitrogen and oxygen atoms in total. The topological polar surface area (TPSA) is 134 Å². The van der Waals surface area contributed by atoms with Crippen LogP contribution in [0.4, 0.5) is 0 Å². The van der Waals surface area contributed by atoms with Crippen molar-refractivity contribution in [1.29, 1.82) is 0 Å². The number of Topliss-reactive ketones (excluding diaryl/α,β-unsaturated/α-hetero) is 2. The van der Waals surface area contributed by atoms with Crippen molar-refractivity contribution in [3.05, 3.63) is 52.6 Å². The van der Waals surface area contributed by atoms with Crippen LogP contribution in [0.3, 0.4) is 0 Å². The summed E-state index contributed by atoms with van der Waals surface area (Å²) in [4.78, 5) is 25.5. The highest BCUT2D eigenvalue weighted by Crippen LogP contribution is 2.51. The van der Waals surface area contributed by atoms with Crippen molar-refractivity contribution in [2.45, 2.75) is 39.2 Å². The van der Waals surface area contributed by atoms with Crippen LogP contribution in [0.1, 0.15) is 52.1 Å². The van der Waals surface area contributed by atoms with E-state index in [0.29, 0.717) is 33.2 Å². The lowest BCUT2D eigenvalue weighted by molar-refractivity contribution is 0.0409. The molecule has 4 aromatic rings. The zero-order valence-electron chi connectivity index (χ0n) is 21.7. The van der Waals surface area contributed by atoms with E-state index in [-0.39, 0.29) is 69.1 Å². The summed E-state index contributed by atoms with van der Waals surface area (Å²) < 4.78 is 10.9. The number of hydrogen-bond donors (Lipinski definition) is 4. The smallest absolute Gasteiger partial charge is 0.169 e. The van der Waals surface area contributed by atoms with Gasteiger partial charge in [-0.15, -0.1) is 0 Å². The maximum Gasteiger partial charge on any atom is 0.169 e. The van der Waals surface area contributed by atoms with Gasteiger partial charge < -0.3 is 29.9 Å².